The minimum atomic E-state index is -1.77. The van der Waals surface area contributed by atoms with Crippen LogP contribution in [0.5, 0.6) is 5.75 Å². The second-order valence-corrected chi connectivity index (χ2v) is 20.8. The van der Waals surface area contributed by atoms with Crippen LogP contribution in [0.4, 0.5) is 17.1 Å². The van der Waals surface area contributed by atoms with E-state index in [1.54, 1.807) is 39.8 Å². The molecule has 1 aromatic heterocycles. The number of likely N-dealkylation sites (tertiary alicyclic amines) is 1. The highest BCUT2D eigenvalue weighted by Gasteiger charge is 2.37. The molecule has 0 aliphatic carbocycles. The molecule has 0 radical (unpaired) electrons. The summed E-state index contributed by atoms with van der Waals surface area (Å²) in [6.07, 6.45) is -2.18. The normalized spacial score (nSPS) is 15.0. The number of nitrogens with one attached hydrogen (secondary N) is 8. The number of benzene rings is 2. The SMILES string of the molecule is COc1ccc2c(CC(=O)N3CCC[C@H]3C(=O)N[C@@H](CC(C)C)C(=O)NCC(=O)N[C@@H](CC(C)C)C(=O)N[C@@H](CCC(=O)O)C(=O)N[C@@H](CCC(=O)O)C(=O)N[C@@H](C)C(=O)N[C@@H](CNc3ccc([N+](=O)[O-])cc3[N+](=O)[O-])C(N)=O)cc(=O)oc2c1. The van der Waals surface area contributed by atoms with Crippen LogP contribution in [-0.4, -0.2) is 159 Å². The number of carbonyl (C=O) groups is 11. The van der Waals surface area contributed by atoms with Crippen molar-refractivity contribution in [2.75, 3.05) is 32.1 Å². The second kappa shape index (κ2) is 31.6. The van der Waals surface area contributed by atoms with Gasteiger partial charge in [0, 0.05) is 49.5 Å². The summed E-state index contributed by atoms with van der Waals surface area (Å²) in [5.74, 6) is -11.3. The van der Waals surface area contributed by atoms with Crippen molar-refractivity contribution in [3.05, 3.63) is 78.7 Å². The number of aliphatic carboxylic acids is 2. The number of carbonyl (C=O) groups excluding carboxylic acids is 9. The highest BCUT2D eigenvalue weighted by atomic mass is 16.6. The lowest BCUT2D eigenvalue weighted by Crippen LogP contribution is -2.59. The van der Waals surface area contributed by atoms with Crippen LogP contribution in [0.3, 0.4) is 0 Å². The van der Waals surface area contributed by atoms with Gasteiger partial charge in [-0.3, -0.25) is 73.0 Å². The van der Waals surface area contributed by atoms with Crippen LogP contribution in [0, 0.1) is 32.1 Å². The summed E-state index contributed by atoms with van der Waals surface area (Å²) >= 11 is 0. The van der Waals surface area contributed by atoms with Gasteiger partial charge in [0.15, 0.2) is 0 Å². The molecule has 3 aromatic rings. The minimum Gasteiger partial charge on any atom is -0.497 e. The van der Waals surface area contributed by atoms with E-state index in [2.05, 4.69) is 42.5 Å². The number of amides is 9. The number of carboxylic acid groups (broad SMARTS) is 2. The van der Waals surface area contributed by atoms with Crippen molar-refractivity contribution >= 4 is 93.1 Å². The van der Waals surface area contributed by atoms with Crippen LogP contribution in [0.1, 0.15) is 91.5 Å². The largest absolute Gasteiger partial charge is 0.497 e. The first-order valence-electron chi connectivity index (χ1n) is 26.9. The fraction of sp³-hybridized carbons (Fsp3) is 0.509. The molecule has 0 spiro atoms. The molecule has 4 rings (SSSR count). The Bertz CT molecular complexity index is 3090. The van der Waals surface area contributed by atoms with Gasteiger partial charge in [-0.25, -0.2) is 4.79 Å². The van der Waals surface area contributed by atoms with Crippen LogP contribution in [0.2, 0.25) is 0 Å². The number of rotatable bonds is 33. The fourth-order valence-electron chi connectivity index (χ4n) is 8.96. The molecule has 2 heterocycles. The van der Waals surface area contributed by atoms with Crippen LogP contribution < -0.4 is 58.6 Å². The van der Waals surface area contributed by atoms with Gasteiger partial charge < -0.3 is 72.5 Å². The third-order valence-corrected chi connectivity index (χ3v) is 13.2. The number of non-ortho nitro benzene ring substituents is 1. The summed E-state index contributed by atoms with van der Waals surface area (Å²) in [6.45, 7) is 6.97. The fourth-order valence-corrected chi connectivity index (χ4v) is 8.96. The minimum absolute atomic E-state index is 0.0721. The summed E-state index contributed by atoms with van der Waals surface area (Å²) < 4.78 is 10.5. The molecule has 0 bridgehead atoms. The van der Waals surface area contributed by atoms with E-state index in [1.165, 1.54) is 24.1 Å². The van der Waals surface area contributed by atoms with Gasteiger partial charge in [-0.1, -0.05) is 27.7 Å². The van der Waals surface area contributed by atoms with Crippen LogP contribution in [-0.2, 0) is 59.2 Å². The summed E-state index contributed by atoms with van der Waals surface area (Å²) in [6, 6.07) is -1.72. The van der Waals surface area contributed by atoms with Gasteiger partial charge in [-0.05, 0) is 81.0 Å². The zero-order valence-electron chi connectivity index (χ0n) is 47.4. The monoisotopic (exact) mass is 1190 g/mol. The molecule has 1 fully saturated rings. The lowest BCUT2D eigenvalue weighted by Gasteiger charge is -2.27. The third kappa shape index (κ3) is 20.9. The molecule has 12 N–H and O–H groups in total. The van der Waals surface area contributed by atoms with E-state index >= 15 is 0 Å². The Labute approximate surface area is 484 Å². The maximum Gasteiger partial charge on any atom is 0.336 e. The van der Waals surface area contributed by atoms with E-state index in [9.17, 15) is 88.0 Å². The second-order valence-electron chi connectivity index (χ2n) is 20.8. The van der Waals surface area contributed by atoms with Crippen molar-refractivity contribution in [1.29, 1.82) is 0 Å². The Hall–Kier alpha value is -9.78. The number of nitro groups is 2. The molecule has 1 saturated heterocycles. The summed E-state index contributed by atoms with van der Waals surface area (Å²) in [4.78, 5) is 180. The van der Waals surface area contributed by atoms with E-state index < -0.39 is 173 Å². The molecule has 7 atom stereocenters. The van der Waals surface area contributed by atoms with Crippen molar-refractivity contribution in [2.24, 2.45) is 17.6 Å². The van der Waals surface area contributed by atoms with Crippen molar-refractivity contribution < 1.29 is 82.0 Å². The zero-order chi connectivity index (χ0) is 63.4. The molecule has 85 heavy (non-hydrogen) atoms. The lowest BCUT2D eigenvalue weighted by atomic mass is 10.0. The summed E-state index contributed by atoms with van der Waals surface area (Å²) in [7, 11) is 1.44. The highest BCUT2D eigenvalue weighted by Crippen LogP contribution is 2.29. The van der Waals surface area contributed by atoms with Gasteiger partial charge in [-0.2, -0.15) is 0 Å². The number of ether oxygens (including phenoxy) is 1. The molecule has 462 valence electrons. The Morgan fingerprint density at radius 1 is 0.718 bits per heavy atom. The Kier molecular flexibility index (Phi) is 25.2. The van der Waals surface area contributed by atoms with Gasteiger partial charge in [0.1, 0.15) is 59.3 Å². The van der Waals surface area contributed by atoms with Crippen LogP contribution >= 0.6 is 0 Å². The Balaban J connectivity index is 1.41. The predicted octanol–water partition coefficient (Wildman–Crippen LogP) is -0.384. The maximum atomic E-state index is 13.9. The molecular formula is C53H70N12O20. The molecule has 0 saturated carbocycles. The van der Waals surface area contributed by atoms with Crippen LogP contribution in [0.15, 0.2) is 51.7 Å². The first-order chi connectivity index (χ1) is 40.0. The average molecular weight is 1200 g/mol. The molecule has 2 aromatic carbocycles. The van der Waals surface area contributed by atoms with Crippen molar-refractivity contribution in [3.8, 4) is 5.75 Å². The maximum absolute atomic E-state index is 13.9. The van der Waals surface area contributed by atoms with Gasteiger partial charge in [0.25, 0.3) is 11.4 Å². The summed E-state index contributed by atoms with van der Waals surface area (Å²) in [5, 5.41) is 61.5. The number of nitro benzene ring substituents is 2. The quantitative estimate of drug-likeness (QED) is 0.0210. The molecular weight excluding hydrogens is 1120 g/mol. The molecule has 0 unspecified atom stereocenters. The van der Waals surface area contributed by atoms with Crippen molar-refractivity contribution in [3.63, 3.8) is 0 Å². The topological polar surface area (TPSA) is 479 Å². The molecule has 1 aliphatic rings. The van der Waals surface area contributed by atoms with E-state index in [0.717, 1.165) is 19.1 Å². The van der Waals surface area contributed by atoms with Crippen LogP contribution in [0.25, 0.3) is 11.0 Å². The van der Waals surface area contributed by atoms with Gasteiger partial charge in [0.2, 0.25) is 53.2 Å². The number of nitrogens with two attached hydrogens (primary N) is 1. The van der Waals surface area contributed by atoms with E-state index in [1.807, 2.05) is 0 Å². The molecule has 32 heteroatoms. The zero-order valence-corrected chi connectivity index (χ0v) is 47.4. The molecule has 32 nitrogen and oxygen atoms in total. The smallest absolute Gasteiger partial charge is 0.336 e. The number of nitrogens with zero attached hydrogens (tertiary/aromatic N) is 3. The first kappa shape index (κ1) is 67.7. The third-order valence-electron chi connectivity index (χ3n) is 13.2. The number of primary amides is 1. The summed E-state index contributed by atoms with van der Waals surface area (Å²) in [5.41, 5.74) is 3.67. The number of anilines is 1. The Morgan fingerprint density at radius 3 is 1.85 bits per heavy atom. The number of fused-ring (bicyclic) bond motifs is 1. The van der Waals surface area contributed by atoms with Gasteiger partial charge in [0.05, 0.1) is 36.0 Å². The first-order valence-corrected chi connectivity index (χ1v) is 26.9. The van der Waals surface area contributed by atoms with Gasteiger partial charge in [-0.15, -0.1) is 0 Å². The molecule has 1 aliphatic heterocycles. The number of carboxylic acids is 2. The highest BCUT2D eigenvalue weighted by molar-refractivity contribution is 5.98. The van der Waals surface area contributed by atoms with Gasteiger partial charge >= 0.3 is 17.6 Å². The van der Waals surface area contributed by atoms with E-state index in [0.29, 0.717) is 29.2 Å². The predicted molar refractivity (Wildman–Crippen MR) is 298 cm³/mol. The average Bonchev–Trinajstić information content (AvgIpc) is 3.79. The van der Waals surface area contributed by atoms with Crippen molar-refractivity contribution in [1.82, 2.24) is 42.1 Å². The lowest BCUT2D eigenvalue weighted by molar-refractivity contribution is -0.393. The van der Waals surface area contributed by atoms with E-state index in [4.69, 9.17) is 14.9 Å². The standard InChI is InChI=1S/C53H70N12O20/c1-26(2)18-36(61-53(79)39-8-7-17-63(39)43(67)20-29-21-46(72)85-41-23-31(84-6)10-11-32(29)41)49(75)56-25-42(66)58-37(19-27(3)4)52(78)60-35(14-16-45(70)71)51(77)59-34(13-15-44(68)69)50(76)57-28(5)48(74)62-38(47(54)73)24-55-33-12-9-30(64(80)81)22-40(33)65(82)83/h9-12,21-23,26-28,34-39,55H,7-8,13-20,24-25H2,1-6H3,(H2,54,73)(H,56,75)(H,57,76)(H,58,66)(H,59,77)(H,60,78)(H,61,79)(H,62,74)(H,68,69)(H,70,71)/t28-,34-,35-,36-,37-,38-,39-/m0/s1. The van der Waals surface area contributed by atoms with E-state index in [-0.39, 0.29) is 55.3 Å². The number of methoxy groups -OCH3 is 1. The molecule has 9 amide bonds. The van der Waals surface area contributed by atoms with Crippen molar-refractivity contribution in [2.45, 2.75) is 135 Å². The number of hydrogen-bond donors (Lipinski definition) is 11. The Morgan fingerprint density at radius 2 is 1.29 bits per heavy atom. The number of hydrogen-bond acceptors (Lipinski definition) is 19.